The van der Waals surface area contributed by atoms with E-state index in [0.29, 0.717) is 13.0 Å². The first-order valence-electron chi connectivity index (χ1n) is 6.86. The average Bonchev–Trinajstić information content (AvgIpc) is 2.66. The van der Waals surface area contributed by atoms with Gasteiger partial charge in [-0.2, -0.15) is 13.2 Å². The summed E-state index contributed by atoms with van der Waals surface area (Å²) in [6, 6.07) is 0. The van der Waals surface area contributed by atoms with Gasteiger partial charge in [-0.25, -0.2) is 0 Å². The highest BCUT2D eigenvalue weighted by Crippen LogP contribution is 2.37. The molecule has 1 aliphatic rings. The van der Waals surface area contributed by atoms with Crippen LogP contribution in [0.15, 0.2) is 0 Å². The lowest BCUT2D eigenvalue weighted by atomic mass is 9.78. The minimum atomic E-state index is -4.24. The van der Waals surface area contributed by atoms with E-state index in [0.717, 1.165) is 25.9 Å². The minimum absolute atomic E-state index is 0.0614. The normalized spacial score (nSPS) is 27.9. The molecular formula is C13H24F3NO2. The summed E-state index contributed by atoms with van der Waals surface area (Å²) in [5.41, 5.74) is -0.0965. The third-order valence-corrected chi connectivity index (χ3v) is 3.74. The number of ether oxygens (including phenoxy) is 2. The molecule has 0 aromatic heterocycles. The maximum absolute atomic E-state index is 12.0. The fourth-order valence-electron chi connectivity index (χ4n) is 2.45. The summed E-state index contributed by atoms with van der Waals surface area (Å²) in [4.78, 5) is 0. The zero-order valence-electron chi connectivity index (χ0n) is 11.7. The quantitative estimate of drug-likeness (QED) is 0.695. The number of alkyl halides is 3. The molecule has 0 bridgehead atoms. The van der Waals surface area contributed by atoms with Crippen molar-refractivity contribution in [2.75, 3.05) is 32.9 Å². The monoisotopic (exact) mass is 283 g/mol. The zero-order valence-corrected chi connectivity index (χ0v) is 11.7. The molecule has 1 aliphatic heterocycles. The predicted molar refractivity (Wildman–Crippen MR) is 67.1 cm³/mol. The molecule has 0 aromatic rings. The maximum atomic E-state index is 12.0. The van der Waals surface area contributed by atoms with Crippen molar-refractivity contribution in [2.24, 2.45) is 5.41 Å². The first kappa shape index (κ1) is 16.7. The van der Waals surface area contributed by atoms with Gasteiger partial charge in [-0.1, -0.05) is 6.92 Å². The molecule has 0 aliphatic carbocycles. The van der Waals surface area contributed by atoms with Crippen molar-refractivity contribution in [3.05, 3.63) is 0 Å². The molecule has 19 heavy (non-hydrogen) atoms. The van der Waals surface area contributed by atoms with E-state index < -0.39 is 12.8 Å². The van der Waals surface area contributed by atoms with Crippen LogP contribution in [0.1, 0.15) is 33.1 Å². The van der Waals surface area contributed by atoms with Crippen LogP contribution in [0.5, 0.6) is 0 Å². The van der Waals surface area contributed by atoms with Crippen molar-refractivity contribution < 1.29 is 22.6 Å². The molecule has 6 heteroatoms. The van der Waals surface area contributed by atoms with Gasteiger partial charge >= 0.3 is 6.18 Å². The van der Waals surface area contributed by atoms with Gasteiger partial charge in [-0.15, -0.1) is 0 Å². The molecule has 1 saturated heterocycles. The fraction of sp³-hybridized carbons (Fsp3) is 1.00. The lowest BCUT2D eigenvalue weighted by Gasteiger charge is -2.32. The molecule has 114 valence electrons. The number of hydrogen-bond donors (Lipinski definition) is 1. The van der Waals surface area contributed by atoms with Crippen LogP contribution in [0.4, 0.5) is 13.2 Å². The van der Waals surface area contributed by atoms with E-state index in [2.05, 4.69) is 12.2 Å². The van der Waals surface area contributed by atoms with Gasteiger partial charge in [0, 0.05) is 25.2 Å². The lowest BCUT2D eigenvalue weighted by Crippen LogP contribution is -2.41. The minimum Gasteiger partial charge on any atom is -0.378 e. The van der Waals surface area contributed by atoms with Crippen molar-refractivity contribution in [3.8, 4) is 0 Å². The van der Waals surface area contributed by atoms with Crippen LogP contribution in [0.2, 0.25) is 0 Å². The van der Waals surface area contributed by atoms with E-state index in [-0.39, 0.29) is 18.1 Å². The van der Waals surface area contributed by atoms with Crippen LogP contribution in [0, 0.1) is 5.41 Å². The fourth-order valence-corrected chi connectivity index (χ4v) is 2.45. The Kier molecular flexibility index (Phi) is 6.56. The molecule has 1 rings (SSSR count). The topological polar surface area (TPSA) is 30.5 Å². The highest BCUT2D eigenvalue weighted by molar-refractivity contribution is 4.91. The molecular weight excluding hydrogens is 259 g/mol. The van der Waals surface area contributed by atoms with Crippen LogP contribution in [-0.4, -0.2) is 45.2 Å². The summed E-state index contributed by atoms with van der Waals surface area (Å²) in [7, 11) is 0. The van der Waals surface area contributed by atoms with Gasteiger partial charge in [0.1, 0.15) is 6.61 Å². The molecule has 3 nitrogen and oxygen atoms in total. The van der Waals surface area contributed by atoms with Gasteiger partial charge in [-0.05, 0) is 32.7 Å². The third-order valence-electron chi connectivity index (χ3n) is 3.74. The van der Waals surface area contributed by atoms with Gasteiger partial charge in [0.05, 0.1) is 6.10 Å². The Bertz CT molecular complexity index is 261. The smallest absolute Gasteiger partial charge is 0.378 e. The van der Waals surface area contributed by atoms with E-state index in [1.54, 1.807) is 0 Å². The SMILES string of the molecule is CCCNCC1(CCOCC(F)(F)F)CCOC1C. The number of halogens is 3. The maximum Gasteiger partial charge on any atom is 0.411 e. The van der Waals surface area contributed by atoms with Crippen LogP contribution in [0.25, 0.3) is 0 Å². The number of rotatable bonds is 8. The summed E-state index contributed by atoms with van der Waals surface area (Å²) in [6.07, 6.45) is -1.67. The van der Waals surface area contributed by atoms with E-state index in [1.807, 2.05) is 6.92 Å². The van der Waals surface area contributed by atoms with E-state index >= 15 is 0 Å². The van der Waals surface area contributed by atoms with E-state index in [9.17, 15) is 13.2 Å². The zero-order chi connectivity index (χ0) is 14.4. The standard InChI is InChI=1S/C13H24F3NO2/c1-3-6-17-9-12(5-8-19-11(12)2)4-7-18-10-13(14,15)16/h11,17H,3-10H2,1-2H3. The summed E-state index contributed by atoms with van der Waals surface area (Å²) in [5, 5.41) is 3.35. The molecule has 1 heterocycles. The van der Waals surface area contributed by atoms with Crippen molar-refractivity contribution in [1.82, 2.24) is 5.32 Å². The summed E-state index contributed by atoms with van der Waals surface area (Å²) in [5.74, 6) is 0. The van der Waals surface area contributed by atoms with Crippen molar-refractivity contribution in [2.45, 2.75) is 45.4 Å². The molecule has 1 fully saturated rings. The Morgan fingerprint density at radius 1 is 1.42 bits per heavy atom. The van der Waals surface area contributed by atoms with Gasteiger partial charge in [-0.3, -0.25) is 0 Å². The highest BCUT2D eigenvalue weighted by Gasteiger charge is 2.41. The second-order valence-electron chi connectivity index (χ2n) is 5.22. The average molecular weight is 283 g/mol. The van der Waals surface area contributed by atoms with Crippen molar-refractivity contribution >= 4 is 0 Å². The van der Waals surface area contributed by atoms with E-state index in [1.165, 1.54) is 0 Å². The molecule has 0 aromatic carbocycles. The van der Waals surface area contributed by atoms with Crippen LogP contribution in [-0.2, 0) is 9.47 Å². The Labute approximate surface area is 112 Å². The molecule has 0 saturated carbocycles. The Balaban J connectivity index is 2.37. The second kappa shape index (κ2) is 7.45. The summed E-state index contributed by atoms with van der Waals surface area (Å²) >= 11 is 0. The first-order chi connectivity index (χ1) is 8.90. The van der Waals surface area contributed by atoms with Crippen LogP contribution in [0.3, 0.4) is 0 Å². The van der Waals surface area contributed by atoms with Gasteiger partial charge < -0.3 is 14.8 Å². The Hall–Kier alpha value is -0.330. The van der Waals surface area contributed by atoms with Gasteiger partial charge in [0.2, 0.25) is 0 Å². The molecule has 1 N–H and O–H groups in total. The van der Waals surface area contributed by atoms with Crippen molar-refractivity contribution in [3.63, 3.8) is 0 Å². The first-order valence-corrected chi connectivity index (χ1v) is 6.86. The number of hydrogen-bond acceptors (Lipinski definition) is 3. The Morgan fingerprint density at radius 2 is 2.16 bits per heavy atom. The summed E-state index contributed by atoms with van der Waals surface area (Å²) in [6.45, 7) is 5.40. The van der Waals surface area contributed by atoms with E-state index in [4.69, 9.17) is 9.47 Å². The molecule has 2 atom stereocenters. The van der Waals surface area contributed by atoms with Gasteiger partial charge in [0.15, 0.2) is 0 Å². The summed E-state index contributed by atoms with van der Waals surface area (Å²) < 4.78 is 46.4. The Morgan fingerprint density at radius 3 is 2.68 bits per heavy atom. The lowest BCUT2D eigenvalue weighted by molar-refractivity contribution is -0.175. The molecule has 0 radical (unpaired) electrons. The number of nitrogens with one attached hydrogen (secondary N) is 1. The second-order valence-corrected chi connectivity index (χ2v) is 5.22. The highest BCUT2D eigenvalue weighted by atomic mass is 19.4. The molecule has 0 spiro atoms. The molecule has 2 unspecified atom stereocenters. The predicted octanol–water partition coefficient (Wildman–Crippen LogP) is 2.75. The van der Waals surface area contributed by atoms with Crippen LogP contribution < -0.4 is 5.32 Å². The third kappa shape index (κ3) is 5.67. The van der Waals surface area contributed by atoms with Crippen LogP contribution >= 0.6 is 0 Å². The van der Waals surface area contributed by atoms with Gasteiger partial charge in [0.25, 0.3) is 0 Å². The molecule has 0 amide bonds. The van der Waals surface area contributed by atoms with Crippen molar-refractivity contribution in [1.29, 1.82) is 0 Å². The largest absolute Gasteiger partial charge is 0.411 e.